The van der Waals surface area contributed by atoms with Crippen LogP contribution in [0, 0.1) is 11.3 Å². The number of aromatic nitrogens is 2. The fraction of sp³-hybridized carbons (Fsp3) is 0. The number of hydrogen-bond acceptors (Lipinski definition) is 4. The number of fused-ring (bicyclic) bond motifs is 1. The highest BCUT2D eigenvalue weighted by Crippen LogP contribution is 2.17. The first-order valence-corrected chi connectivity index (χ1v) is 6.29. The monoisotopic (exact) mass is 274 g/mol. The lowest BCUT2D eigenvalue weighted by atomic mass is 10.1. The molecule has 100 valence electrons. The number of hydrogen-bond donors (Lipinski definition) is 1. The van der Waals surface area contributed by atoms with Crippen molar-refractivity contribution in [2.45, 2.75) is 0 Å². The average molecular weight is 274 g/mol. The summed E-state index contributed by atoms with van der Waals surface area (Å²) in [6.07, 6.45) is 3.07. The minimum atomic E-state index is -0.281. The molecule has 0 unspecified atom stereocenters. The van der Waals surface area contributed by atoms with Gasteiger partial charge in [-0.05, 0) is 24.3 Å². The van der Waals surface area contributed by atoms with Crippen molar-refractivity contribution >= 4 is 22.6 Å². The van der Waals surface area contributed by atoms with Gasteiger partial charge in [-0.25, -0.2) is 4.98 Å². The molecule has 5 heteroatoms. The maximum absolute atomic E-state index is 12.3. The average Bonchev–Trinajstić information content (AvgIpc) is 2.55. The molecule has 0 aliphatic heterocycles. The van der Waals surface area contributed by atoms with Gasteiger partial charge in [-0.1, -0.05) is 18.2 Å². The Balaban J connectivity index is 1.92. The molecule has 0 aliphatic rings. The maximum Gasteiger partial charge on any atom is 0.259 e. The van der Waals surface area contributed by atoms with Crippen LogP contribution < -0.4 is 5.32 Å². The number of anilines is 1. The Bertz CT molecular complexity index is 845. The summed E-state index contributed by atoms with van der Waals surface area (Å²) in [6, 6.07) is 14.3. The molecule has 1 aromatic carbocycles. The lowest BCUT2D eigenvalue weighted by molar-refractivity contribution is 0.102. The van der Waals surface area contributed by atoms with Gasteiger partial charge in [0.2, 0.25) is 0 Å². The molecule has 0 saturated carbocycles. The minimum Gasteiger partial charge on any atom is -0.306 e. The fourth-order valence-corrected chi connectivity index (χ4v) is 2.01. The highest BCUT2D eigenvalue weighted by atomic mass is 16.1. The second-order valence-electron chi connectivity index (χ2n) is 4.38. The van der Waals surface area contributed by atoms with Gasteiger partial charge in [-0.15, -0.1) is 0 Å². The Morgan fingerprint density at radius 2 is 1.95 bits per heavy atom. The van der Waals surface area contributed by atoms with E-state index in [4.69, 9.17) is 5.26 Å². The number of pyridine rings is 2. The fourth-order valence-electron chi connectivity index (χ4n) is 2.01. The first kappa shape index (κ1) is 12.8. The molecular weight excluding hydrogens is 264 g/mol. The molecule has 0 spiro atoms. The van der Waals surface area contributed by atoms with Gasteiger partial charge in [0.15, 0.2) is 0 Å². The van der Waals surface area contributed by atoms with Gasteiger partial charge < -0.3 is 5.32 Å². The molecule has 3 aromatic rings. The molecular formula is C16H10N4O. The molecule has 0 radical (unpaired) electrons. The second kappa shape index (κ2) is 5.39. The lowest BCUT2D eigenvalue weighted by Crippen LogP contribution is -2.13. The molecule has 0 aliphatic carbocycles. The van der Waals surface area contributed by atoms with Crippen molar-refractivity contribution < 1.29 is 4.79 Å². The van der Waals surface area contributed by atoms with Crippen molar-refractivity contribution in [1.82, 2.24) is 9.97 Å². The van der Waals surface area contributed by atoms with Crippen LogP contribution in [0.4, 0.5) is 5.82 Å². The van der Waals surface area contributed by atoms with E-state index >= 15 is 0 Å². The predicted molar refractivity (Wildman–Crippen MR) is 78.6 cm³/mol. The highest BCUT2D eigenvalue weighted by molar-refractivity contribution is 6.11. The summed E-state index contributed by atoms with van der Waals surface area (Å²) in [7, 11) is 0. The molecule has 5 nitrogen and oxygen atoms in total. The number of nitrogens with zero attached hydrogens (tertiary/aromatic N) is 3. The molecule has 1 amide bonds. The van der Waals surface area contributed by atoms with E-state index in [1.54, 1.807) is 24.4 Å². The van der Waals surface area contributed by atoms with E-state index in [1.165, 1.54) is 6.20 Å². The van der Waals surface area contributed by atoms with Crippen LogP contribution in [0.15, 0.2) is 54.9 Å². The maximum atomic E-state index is 12.3. The summed E-state index contributed by atoms with van der Waals surface area (Å²) in [5.74, 6) is 0.114. The summed E-state index contributed by atoms with van der Waals surface area (Å²) in [6.45, 7) is 0. The summed E-state index contributed by atoms with van der Waals surface area (Å²) >= 11 is 0. The van der Waals surface area contributed by atoms with Crippen LogP contribution in [-0.4, -0.2) is 15.9 Å². The van der Waals surface area contributed by atoms with Gasteiger partial charge in [0.25, 0.3) is 5.91 Å². The van der Waals surface area contributed by atoms with Gasteiger partial charge in [-0.2, -0.15) is 5.26 Å². The molecule has 1 N–H and O–H groups in total. The van der Waals surface area contributed by atoms with Crippen molar-refractivity contribution in [2.75, 3.05) is 5.32 Å². The van der Waals surface area contributed by atoms with E-state index in [0.29, 0.717) is 22.5 Å². The number of carbonyl (C=O) groups is 1. The molecule has 2 aromatic heterocycles. The summed E-state index contributed by atoms with van der Waals surface area (Å²) in [5.41, 5.74) is 1.57. The third-order valence-electron chi connectivity index (χ3n) is 3.01. The molecule has 0 fully saturated rings. The zero-order valence-electron chi connectivity index (χ0n) is 10.9. The quantitative estimate of drug-likeness (QED) is 0.779. The van der Waals surface area contributed by atoms with Gasteiger partial charge in [0.05, 0.1) is 16.6 Å². The van der Waals surface area contributed by atoms with Crippen molar-refractivity contribution in [2.24, 2.45) is 0 Å². The Morgan fingerprint density at radius 3 is 2.71 bits per heavy atom. The van der Waals surface area contributed by atoms with E-state index in [2.05, 4.69) is 15.3 Å². The van der Waals surface area contributed by atoms with Crippen molar-refractivity contribution in [3.05, 3.63) is 66.0 Å². The van der Waals surface area contributed by atoms with E-state index in [9.17, 15) is 4.79 Å². The van der Waals surface area contributed by atoms with Gasteiger partial charge in [-0.3, -0.25) is 9.78 Å². The Morgan fingerprint density at radius 1 is 1.10 bits per heavy atom. The molecule has 0 atom stereocenters. The smallest absolute Gasteiger partial charge is 0.259 e. The number of nitrogens with one attached hydrogen (secondary N) is 1. The van der Waals surface area contributed by atoms with E-state index in [0.717, 1.165) is 5.39 Å². The number of para-hydroxylation sites is 1. The zero-order valence-corrected chi connectivity index (χ0v) is 10.9. The molecule has 2 heterocycles. The Kier molecular flexibility index (Phi) is 3.27. The summed E-state index contributed by atoms with van der Waals surface area (Å²) in [4.78, 5) is 20.6. The van der Waals surface area contributed by atoms with Gasteiger partial charge in [0.1, 0.15) is 11.9 Å². The Labute approximate surface area is 120 Å². The minimum absolute atomic E-state index is 0.281. The zero-order chi connectivity index (χ0) is 14.7. The van der Waals surface area contributed by atoms with E-state index in [-0.39, 0.29) is 5.91 Å². The Hall–Kier alpha value is -3.26. The van der Waals surface area contributed by atoms with Crippen molar-refractivity contribution in [3.63, 3.8) is 0 Å². The van der Waals surface area contributed by atoms with Gasteiger partial charge >= 0.3 is 0 Å². The van der Waals surface area contributed by atoms with Crippen molar-refractivity contribution in [3.8, 4) is 6.07 Å². The number of carbonyl (C=O) groups excluding carboxylic acids is 1. The third kappa shape index (κ3) is 2.55. The van der Waals surface area contributed by atoms with Crippen LogP contribution in [0.2, 0.25) is 0 Å². The van der Waals surface area contributed by atoms with Crippen LogP contribution in [0.3, 0.4) is 0 Å². The topological polar surface area (TPSA) is 78.7 Å². The van der Waals surface area contributed by atoms with Crippen LogP contribution in [0.5, 0.6) is 0 Å². The number of rotatable bonds is 2. The van der Waals surface area contributed by atoms with Gasteiger partial charge in [0, 0.05) is 17.8 Å². The predicted octanol–water partition coefficient (Wildman–Crippen LogP) is 2.75. The number of benzene rings is 1. The highest BCUT2D eigenvalue weighted by Gasteiger charge is 2.11. The normalized spacial score (nSPS) is 10.0. The first-order chi connectivity index (χ1) is 10.3. The van der Waals surface area contributed by atoms with E-state index < -0.39 is 0 Å². The number of nitriles is 1. The summed E-state index contributed by atoms with van der Waals surface area (Å²) < 4.78 is 0. The van der Waals surface area contributed by atoms with Crippen LogP contribution >= 0.6 is 0 Å². The summed E-state index contributed by atoms with van der Waals surface area (Å²) in [5, 5.41) is 12.3. The molecule has 3 rings (SSSR count). The van der Waals surface area contributed by atoms with E-state index in [1.807, 2.05) is 30.3 Å². The first-order valence-electron chi connectivity index (χ1n) is 6.29. The van der Waals surface area contributed by atoms with Crippen LogP contribution in [-0.2, 0) is 0 Å². The molecule has 0 saturated heterocycles. The molecule has 21 heavy (non-hydrogen) atoms. The number of amides is 1. The molecule has 0 bridgehead atoms. The van der Waals surface area contributed by atoms with Crippen LogP contribution in [0.1, 0.15) is 15.9 Å². The largest absolute Gasteiger partial charge is 0.306 e. The third-order valence-corrected chi connectivity index (χ3v) is 3.01. The standard InChI is InChI=1S/C16H10N4O/c17-9-11-6-7-14(19-10-11)20-16(21)13-5-1-3-12-4-2-8-18-15(12)13/h1-8,10H,(H,19,20,21). The SMILES string of the molecule is N#Cc1ccc(NC(=O)c2cccc3cccnc23)nc1. The lowest BCUT2D eigenvalue weighted by Gasteiger charge is -2.06. The second-order valence-corrected chi connectivity index (χ2v) is 4.38. The van der Waals surface area contributed by atoms with Crippen LogP contribution in [0.25, 0.3) is 10.9 Å². The van der Waals surface area contributed by atoms with Crippen molar-refractivity contribution in [1.29, 1.82) is 5.26 Å².